The van der Waals surface area contributed by atoms with Gasteiger partial charge in [0, 0.05) is 0 Å². The van der Waals surface area contributed by atoms with Crippen molar-refractivity contribution in [1.82, 2.24) is 12.3 Å². The zero-order valence-electron chi connectivity index (χ0n) is 13.2. The zero-order valence-corrected chi connectivity index (χ0v) is 16.8. The number of aryl methyl sites for hydroxylation is 1. The average Bonchev–Trinajstić information content (AvgIpc) is 3.21. The fourth-order valence-electron chi connectivity index (χ4n) is 2.91. The van der Waals surface area contributed by atoms with Crippen LogP contribution in [0.4, 0.5) is 0 Å². The van der Waals surface area contributed by atoms with E-state index >= 15 is 0 Å². The minimum atomic E-state index is -1.18. The van der Waals surface area contributed by atoms with Crippen LogP contribution in [0, 0.1) is 6.92 Å². The second kappa shape index (κ2) is 7.95. The van der Waals surface area contributed by atoms with E-state index in [0.717, 1.165) is 30.6 Å². The van der Waals surface area contributed by atoms with E-state index in [0.29, 0.717) is 6.54 Å². The van der Waals surface area contributed by atoms with Crippen molar-refractivity contribution in [3.05, 3.63) is 41.0 Å². The summed E-state index contributed by atoms with van der Waals surface area (Å²) in [5, 5.41) is 3.06. The first kappa shape index (κ1) is 17.2. The Labute approximate surface area is 156 Å². The topological polar surface area (TPSA) is 71.2 Å². The molecule has 0 spiro atoms. The normalized spacial score (nSPS) is 17.9. The molecule has 3 N–H and O–H groups in total. The van der Waals surface area contributed by atoms with Crippen molar-refractivity contribution in [1.29, 1.82) is 0 Å². The molecule has 0 aliphatic carbocycles. The van der Waals surface area contributed by atoms with Crippen LogP contribution in [0.25, 0.3) is 10.4 Å². The van der Waals surface area contributed by atoms with Gasteiger partial charge in [0.1, 0.15) is 0 Å². The number of carbonyl (C=O) groups is 1. The van der Waals surface area contributed by atoms with Gasteiger partial charge in [0.2, 0.25) is 0 Å². The van der Waals surface area contributed by atoms with Crippen LogP contribution in [0.3, 0.4) is 0 Å². The Morgan fingerprint density at radius 1 is 1.48 bits per heavy atom. The molecule has 1 amide bonds. The molecule has 7 heteroatoms. The number of nitrogens with two attached hydrogens (primary N) is 1. The first-order valence-electron chi connectivity index (χ1n) is 7.77. The summed E-state index contributed by atoms with van der Waals surface area (Å²) in [5.41, 5.74) is 5.22. The molecule has 1 fully saturated rings. The fraction of sp³-hybridized carbons (Fsp3) is 0.375. The summed E-state index contributed by atoms with van der Waals surface area (Å²) < 4.78 is 8.10. The van der Waals surface area contributed by atoms with E-state index in [1.807, 2.05) is 12.4 Å². The Bertz CT molecular complexity index is 673. The van der Waals surface area contributed by atoms with Crippen molar-refractivity contribution >= 4 is 17.2 Å². The molecule has 1 atom stereocenters. The van der Waals surface area contributed by atoms with Crippen LogP contribution in [-0.4, -0.2) is 25.5 Å². The molecule has 23 heavy (non-hydrogen) atoms. The molecule has 2 aromatic rings. The Morgan fingerprint density at radius 2 is 2.26 bits per heavy atom. The second-order valence-corrected chi connectivity index (χ2v) is 8.94. The Kier molecular flexibility index (Phi) is 5.93. The molecule has 0 saturated carbocycles. The van der Waals surface area contributed by atoms with E-state index in [9.17, 15) is 4.79 Å². The summed E-state index contributed by atoms with van der Waals surface area (Å²) >= 11 is 0.470. The molecule has 119 valence electrons. The first-order chi connectivity index (χ1) is 11.2. The number of hydrogen-bond donors (Lipinski definition) is 2. The molecule has 1 aliphatic heterocycles. The van der Waals surface area contributed by atoms with E-state index in [4.69, 9.17) is 2.87 Å². The van der Waals surface area contributed by atoms with Crippen molar-refractivity contribution in [2.24, 2.45) is 2.87 Å². The van der Waals surface area contributed by atoms with Gasteiger partial charge in [-0.15, -0.1) is 0 Å². The SMILES string of the molecule is Cc1ncsc1-c1ccc(CNC(=O)[C@@H]2CCC[N]2[Y][NH2])cc1. The minimum absolute atomic E-state index is 0.0142. The summed E-state index contributed by atoms with van der Waals surface area (Å²) in [4.78, 5) is 17.8. The van der Waals surface area contributed by atoms with Gasteiger partial charge in [0.25, 0.3) is 0 Å². The summed E-state index contributed by atoms with van der Waals surface area (Å²) in [6, 6.07) is 8.35. The van der Waals surface area contributed by atoms with Gasteiger partial charge in [-0.25, -0.2) is 0 Å². The molecule has 1 saturated heterocycles. The van der Waals surface area contributed by atoms with Gasteiger partial charge < -0.3 is 0 Å². The second-order valence-electron chi connectivity index (χ2n) is 5.73. The molecule has 1 aliphatic rings. The van der Waals surface area contributed by atoms with Gasteiger partial charge in [-0.05, 0) is 0 Å². The van der Waals surface area contributed by atoms with Crippen LogP contribution in [0.2, 0.25) is 0 Å². The van der Waals surface area contributed by atoms with Crippen LogP contribution in [0.15, 0.2) is 29.8 Å². The van der Waals surface area contributed by atoms with Gasteiger partial charge in [-0.2, -0.15) is 0 Å². The van der Waals surface area contributed by atoms with Crippen molar-refractivity contribution in [3.8, 4) is 10.4 Å². The third kappa shape index (κ3) is 4.06. The van der Waals surface area contributed by atoms with Crippen molar-refractivity contribution < 1.29 is 34.7 Å². The molecule has 5 nitrogen and oxygen atoms in total. The number of thiazole rings is 1. The Hall–Kier alpha value is -0.656. The Balaban J connectivity index is 1.59. The van der Waals surface area contributed by atoms with Crippen molar-refractivity contribution in [2.75, 3.05) is 6.54 Å². The van der Waals surface area contributed by atoms with Crippen LogP contribution >= 0.6 is 11.3 Å². The molecule has 0 unspecified atom stereocenters. The number of benzene rings is 1. The zero-order chi connectivity index (χ0) is 16.2. The summed E-state index contributed by atoms with van der Waals surface area (Å²) in [5.74, 6) is 0.127. The standard InChI is InChI=1S/C16H18N3OS.H2N.Y/c1-11-15(21-10-19-11)13-6-4-12(5-7-13)9-18-16(20)14-3-2-8-17-14;;/h4-7,10,14H,2-3,8-9H2,1H3,(H,18,20);1H2;/q2*-1;+2/t14-;;/m0../s1. The van der Waals surface area contributed by atoms with E-state index in [-0.39, 0.29) is 11.9 Å². The maximum absolute atomic E-state index is 12.3. The molecular formula is C16H20N4OSY. The fourth-order valence-corrected chi connectivity index (χ4v) is 5.75. The summed E-state index contributed by atoms with van der Waals surface area (Å²) in [6.45, 7) is 3.59. The molecule has 2 heterocycles. The molecule has 1 aromatic heterocycles. The van der Waals surface area contributed by atoms with E-state index in [1.165, 1.54) is 10.4 Å². The van der Waals surface area contributed by atoms with Crippen LogP contribution in [0.5, 0.6) is 0 Å². The number of rotatable bonds is 5. The summed E-state index contributed by atoms with van der Waals surface area (Å²) in [6.07, 6.45) is 2.03. The molecule has 0 radical (unpaired) electrons. The van der Waals surface area contributed by atoms with E-state index in [1.54, 1.807) is 11.3 Å². The van der Waals surface area contributed by atoms with E-state index in [2.05, 4.69) is 36.6 Å². The van der Waals surface area contributed by atoms with Crippen molar-refractivity contribution in [2.45, 2.75) is 32.4 Å². The monoisotopic (exact) mass is 405 g/mol. The van der Waals surface area contributed by atoms with Gasteiger partial charge in [0.15, 0.2) is 0 Å². The molecule has 1 aromatic carbocycles. The number of nitrogens with zero attached hydrogens (tertiary/aromatic N) is 2. The molecule has 0 bridgehead atoms. The number of carbonyl (C=O) groups excluding carboxylic acids is 1. The third-order valence-corrected chi connectivity index (χ3v) is 7.65. The maximum atomic E-state index is 12.3. The molecule has 3 rings (SSSR count). The number of amides is 1. The predicted octanol–water partition coefficient (Wildman–Crippen LogP) is 2.07. The van der Waals surface area contributed by atoms with E-state index < -0.39 is 29.9 Å². The average molecular weight is 405 g/mol. The third-order valence-electron chi connectivity index (χ3n) is 4.22. The first-order valence-corrected chi connectivity index (χ1v) is 11.6. The van der Waals surface area contributed by atoms with Gasteiger partial charge in [-0.3, -0.25) is 0 Å². The van der Waals surface area contributed by atoms with Crippen LogP contribution < -0.4 is 8.18 Å². The van der Waals surface area contributed by atoms with Crippen molar-refractivity contribution in [3.63, 3.8) is 0 Å². The summed E-state index contributed by atoms with van der Waals surface area (Å²) in [7, 11) is 0. The predicted molar refractivity (Wildman–Crippen MR) is 88.0 cm³/mol. The quantitative estimate of drug-likeness (QED) is 0.799. The van der Waals surface area contributed by atoms with Gasteiger partial charge >= 0.3 is 157 Å². The Morgan fingerprint density at radius 3 is 2.91 bits per heavy atom. The number of hydrogen-bond acceptors (Lipinski definition) is 5. The number of nitrogens with one attached hydrogen (secondary N) is 1. The number of aromatic nitrogens is 1. The van der Waals surface area contributed by atoms with Gasteiger partial charge in [-0.1, -0.05) is 0 Å². The van der Waals surface area contributed by atoms with Crippen LogP contribution in [-0.2, 0) is 41.2 Å². The molecular weight excluding hydrogens is 385 g/mol. The van der Waals surface area contributed by atoms with Gasteiger partial charge in [0.05, 0.1) is 0 Å². The van der Waals surface area contributed by atoms with Crippen LogP contribution in [0.1, 0.15) is 24.1 Å².